The third-order valence-electron chi connectivity index (χ3n) is 6.75. The highest BCUT2D eigenvalue weighted by atomic mass is 19.1. The molecule has 0 unspecified atom stereocenters. The first-order valence-electron chi connectivity index (χ1n) is 11.7. The van der Waals surface area contributed by atoms with Gasteiger partial charge in [0, 0.05) is 17.5 Å². The number of hydrogen-bond acceptors (Lipinski definition) is 3. The molecule has 2 heterocycles. The van der Waals surface area contributed by atoms with Gasteiger partial charge in [-0.15, -0.1) is 0 Å². The summed E-state index contributed by atoms with van der Waals surface area (Å²) in [5.41, 5.74) is -0.877. The number of rotatable bonds is 3. The van der Waals surface area contributed by atoms with Crippen LogP contribution in [0.4, 0.5) is 14.5 Å². The van der Waals surface area contributed by atoms with Gasteiger partial charge in [-0.05, 0) is 38.0 Å². The van der Waals surface area contributed by atoms with Crippen molar-refractivity contribution in [1.82, 2.24) is 15.1 Å². The summed E-state index contributed by atoms with van der Waals surface area (Å²) in [6.07, 6.45) is 6.11. The number of benzene rings is 1. The predicted octanol–water partition coefficient (Wildman–Crippen LogP) is 4.72. The molecule has 33 heavy (non-hydrogen) atoms. The van der Waals surface area contributed by atoms with Crippen LogP contribution in [-0.2, 0) is 16.8 Å². The number of aromatic nitrogens is 2. The van der Waals surface area contributed by atoms with Gasteiger partial charge in [-0.2, -0.15) is 5.10 Å². The Morgan fingerprint density at radius 2 is 1.79 bits per heavy atom. The van der Waals surface area contributed by atoms with E-state index in [1.165, 1.54) is 11.0 Å². The molecule has 1 saturated carbocycles. The Bertz CT molecular complexity index is 1070. The highest BCUT2D eigenvalue weighted by Crippen LogP contribution is 2.36. The fraction of sp³-hybridized carbons (Fsp3) is 0.560. The Hall–Kier alpha value is -2.77. The van der Waals surface area contributed by atoms with Crippen LogP contribution in [0.5, 0.6) is 0 Å². The second-order valence-electron chi connectivity index (χ2n) is 10.5. The maximum absolute atomic E-state index is 14.9. The van der Waals surface area contributed by atoms with E-state index in [-0.39, 0.29) is 35.3 Å². The number of halogens is 2. The normalized spacial score (nSPS) is 22.1. The Morgan fingerprint density at radius 1 is 1.12 bits per heavy atom. The highest BCUT2D eigenvalue weighted by molar-refractivity contribution is 6.12. The van der Waals surface area contributed by atoms with Gasteiger partial charge in [-0.1, -0.05) is 46.5 Å². The number of nitrogens with zero attached hydrogens (tertiary/aromatic N) is 3. The highest BCUT2D eigenvalue weighted by Gasteiger charge is 2.50. The smallest absolute Gasteiger partial charge is 0.277 e. The van der Waals surface area contributed by atoms with Crippen LogP contribution in [0, 0.1) is 11.6 Å². The molecule has 1 aliphatic carbocycles. The minimum absolute atomic E-state index is 0.0102. The minimum Gasteiger partial charge on any atom is -0.351 e. The number of carbonyl (C=O) groups is 2. The second kappa shape index (κ2) is 8.54. The predicted molar refractivity (Wildman–Crippen MR) is 122 cm³/mol. The molecule has 178 valence electrons. The number of fused-ring (bicyclic) bond motifs is 1. The first-order chi connectivity index (χ1) is 15.5. The van der Waals surface area contributed by atoms with Crippen molar-refractivity contribution in [2.24, 2.45) is 0 Å². The number of nitrogens with one attached hydrogen (secondary N) is 1. The largest absolute Gasteiger partial charge is 0.351 e. The van der Waals surface area contributed by atoms with Crippen LogP contribution in [0.2, 0.25) is 0 Å². The summed E-state index contributed by atoms with van der Waals surface area (Å²) in [7, 11) is 0. The van der Waals surface area contributed by atoms with E-state index in [0.717, 1.165) is 50.7 Å². The van der Waals surface area contributed by atoms with Crippen LogP contribution in [0.15, 0.2) is 24.3 Å². The summed E-state index contributed by atoms with van der Waals surface area (Å²) < 4.78 is 30.1. The monoisotopic (exact) mass is 458 g/mol. The van der Waals surface area contributed by atoms with Crippen molar-refractivity contribution >= 4 is 17.5 Å². The van der Waals surface area contributed by atoms with Crippen molar-refractivity contribution in [2.75, 3.05) is 4.90 Å². The van der Waals surface area contributed by atoms with Gasteiger partial charge in [-0.3, -0.25) is 19.2 Å². The third-order valence-corrected chi connectivity index (χ3v) is 6.75. The second-order valence-corrected chi connectivity index (χ2v) is 10.5. The van der Waals surface area contributed by atoms with Crippen LogP contribution < -0.4 is 10.2 Å². The van der Waals surface area contributed by atoms with Crippen molar-refractivity contribution in [1.29, 1.82) is 0 Å². The SMILES string of the molecule is CC(C)(C)c1cc2n(n1)C[C@@](C)(C(=O)NC1CCCCCC1)N(c1ccc(F)cc1F)C2=O. The van der Waals surface area contributed by atoms with E-state index in [0.29, 0.717) is 5.69 Å². The fourth-order valence-electron chi connectivity index (χ4n) is 4.75. The zero-order valence-corrected chi connectivity index (χ0v) is 19.8. The maximum Gasteiger partial charge on any atom is 0.277 e. The lowest BCUT2D eigenvalue weighted by Gasteiger charge is -2.43. The van der Waals surface area contributed by atoms with Gasteiger partial charge in [0.25, 0.3) is 5.91 Å². The van der Waals surface area contributed by atoms with E-state index in [9.17, 15) is 18.4 Å². The molecule has 1 N–H and O–H groups in total. The zero-order valence-electron chi connectivity index (χ0n) is 19.8. The molecule has 0 spiro atoms. The summed E-state index contributed by atoms with van der Waals surface area (Å²) in [5.74, 6) is -2.52. The zero-order chi connectivity index (χ0) is 24.0. The molecule has 2 aliphatic rings. The molecule has 1 aliphatic heterocycles. The van der Waals surface area contributed by atoms with E-state index in [4.69, 9.17) is 0 Å². The molecule has 1 atom stereocenters. The standard InChI is InChI=1S/C25H32F2N4O2/c1-24(2,3)21-14-20-22(32)31(19-12-11-16(26)13-18(19)27)25(4,15-30(20)29-21)23(33)28-17-9-7-5-6-8-10-17/h11-14,17H,5-10,15H2,1-4H3,(H,28,33)/t25-/m0/s1. The molecule has 6 nitrogen and oxygen atoms in total. The van der Waals surface area contributed by atoms with Crippen molar-refractivity contribution < 1.29 is 18.4 Å². The Kier molecular flexibility index (Phi) is 6.05. The number of hydrogen-bond donors (Lipinski definition) is 1. The Morgan fingerprint density at radius 3 is 2.39 bits per heavy atom. The van der Waals surface area contributed by atoms with Gasteiger partial charge in [0.15, 0.2) is 0 Å². The average molecular weight is 459 g/mol. The van der Waals surface area contributed by atoms with Gasteiger partial charge in [0.2, 0.25) is 5.91 Å². The summed E-state index contributed by atoms with van der Waals surface area (Å²) in [6, 6.07) is 4.76. The molecule has 2 aromatic rings. The molecule has 4 rings (SSSR count). The van der Waals surface area contributed by atoms with Gasteiger partial charge >= 0.3 is 0 Å². The Labute approximate surface area is 193 Å². The van der Waals surface area contributed by atoms with E-state index in [1.807, 2.05) is 20.8 Å². The van der Waals surface area contributed by atoms with Gasteiger partial charge < -0.3 is 5.32 Å². The molecule has 1 fully saturated rings. The molecule has 0 radical (unpaired) electrons. The molecule has 8 heteroatoms. The molecular formula is C25H32F2N4O2. The molecule has 0 bridgehead atoms. The molecule has 2 amide bonds. The van der Waals surface area contributed by atoms with E-state index < -0.39 is 23.1 Å². The number of carbonyl (C=O) groups excluding carboxylic acids is 2. The van der Waals surface area contributed by atoms with Crippen LogP contribution in [-0.4, -0.2) is 33.2 Å². The lowest BCUT2D eigenvalue weighted by Crippen LogP contribution is -2.65. The first kappa shape index (κ1) is 23.4. The van der Waals surface area contributed by atoms with Gasteiger partial charge in [0.1, 0.15) is 22.9 Å². The first-order valence-corrected chi connectivity index (χ1v) is 11.7. The quantitative estimate of drug-likeness (QED) is 0.677. The molecule has 0 saturated heterocycles. The van der Waals surface area contributed by atoms with Crippen molar-refractivity contribution in [3.8, 4) is 0 Å². The van der Waals surface area contributed by atoms with Crippen LogP contribution >= 0.6 is 0 Å². The van der Waals surface area contributed by atoms with Crippen LogP contribution in [0.1, 0.15) is 82.4 Å². The van der Waals surface area contributed by atoms with Crippen LogP contribution in [0.3, 0.4) is 0 Å². The lowest BCUT2D eigenvalue weighted by molar-refractivity contribution is -0.127. The summed E-state index contributed by atoms with van der Waals surface area (Å²) in [4.78, 5) is 28.5. The topological polar surface area (TPSA) is 67.2 Å². The molecule has 1 aromatic carbocycles. The fourth-order valence-corrected chi connectivity index (χ4v) is 4.75. The summed E-state index contributed by atoms with van der Waals surface area (Å²) in [5, 5.41) is 7.73. The number of amides is 2. The summed E-state index contributed by atoms with van der Waals surface area (Å²) >= 11 is 0. The van der Waals surface area contributed by atoms with Crippen LogP contribution in [0.25, 0.3) is 0 Å². The molecule has 1 aromatic heterocycles. The van der Waals surface area contributed by atoms with Gasteiger partial charge in [0.05, 0.1) is 17.9 Å². The third kappa shape index (κ3) is 4.39. The number of anilines is 1. The summed E-state index contributed by atoms with van der Waals surface area (Å²) in [6.45, 7) is 7.66. The van der Waals surface area contributed by atoms with E-state index in [2.05, 4.69) is 10.4 Å². The maximum atomic E-state index is 14.9. The van der Waals surface area contributed by atoms with Crippen molar-refractivity contribution in [3.63, 3.8) is 0 Å². The Balaban J connectivity index is 1.78. The van der Waals surface area contributed by atoms with Crippen molar-refractivity contribution in [3.05, 3.63) is 47.3 Å². The molecular weight excluding hydrogens is 426 g/mol. The van der Waals surface area contributed by atoms with Crippen molar-refractivity contribution in [2.45, 2.75) is 89.8 Å². The van der Waals surface area contributed by atoms with Gasteiger partial charge in [-0.25, -0.2) is 8.78 Å². The average Bonchev–Trinajstić information content (AvgIpc) is 3.00. The van der Waals surface area contributed by atoms with E-state index in [1.54, 1.807) is 17.7 Å². The van der Waals surface area contributed by atoms with E-state index >= 15 is 0 Å². The lowest BCUT2D eigenvalue weighted by atomic mass is 9.91. The minimum atomic E-state index is -1.43.